The summed E-state index contributed by atoms with van der Waals surface area (Å²) in [6, 6.07) is 4.07. The summed E-state index contributed by atoms with van der Waals surface area (Å²) in [5, 5.41) is 6.01. The summed E-state index contributed by atoms with van der Waals surface area (Å²) >= 11 is 0. The highest BCUT2D eigenvalue weighted by Gasteiger charge is 2.17. The third-order valence-corrected chi connectivity index (χ3v) is 3.25. The van der Waals surface area contributed by atoms with Crippen LogP contribution in [0.15, 0.2) is 18.3 Å². The quantitative estimate of drug-likeness (QED) is 0.810. The van der Waals surface area contributed by atoms with Crippen molar-refractivity contribution >= 4 is 5.91 Å². The first-order valence-electron chi connectivity index (χ1n) is 6.79. The van der Waals surface area contributed by atoms with Crippen molar-refractivity contribution in [3.8, 4) is 5.75 Å². The van der Waals surface area contributed by atoms with Gasteiger partial charge in [0.2, 0.25) is 0 Å². The molecule has 1 aliphatic carbocycles. The lowest BCUT2D eigenvalue weighted by molar-refractivity contribution is -0.123. The summed E-state index contributed by atoms with van der Waals surface area (Å²) in [6.07, 6.45) is 6.25. The van der Waals surface area contributed by atoms with Gasteiger partial charge in [0.05, 0.1) is 11.9 Å². The Labute approximate surface area is 113 Å². The largest absolute Gasteiger partial charge is 0.482 e. The molecular formula is C14H21N3O2. The van der Waals surface area contributed by atoms with Gasteiger partial charge in [0.1, 0.15) is 5.75 Å². The minimum atomic E-state index is -0.0498. The molecule has 0 spiro atoms. The fraction of sp³-hybridized carbons (Fsp3) is 0.571. The van der Waals surface area contributed by atoms with Crippen LogP contribution in [-0.2, 0) is 11.3 Å². The first-order chi connectivity index (χ1) is 9.28. The van der Waals surface area contributed by atoms with Crippen LogP contribution in [0.2, 0.25) is 0 Å². The molecule has 0 bridgehead atoms. The maximum Gasteiger partial charge on any atom is 0.258 e. The van der Waals surface area contributed by atoms with Crippen molar-refractivity contribution < 1.29 is 9.53 Å². The van der Waals surface area contributed by atoms with Crippen molar-refractivity contribution in [1.82, 2.24) is 15.6 Å². The fourth-order valence-corrected chi connectivity index (χ4v) is 2.27. The Morgan fingerprint density at radius 1 is 1.42 bits per heavy atom. The molecule has 2 rings (SSSR count). The summed E-state index contributed by atoms with van der Waals surface area (Å²) in [4.78, 5) is 15.9. The van der Waals surface area contributed by atoms with E-state index in [0.717, 1.165) is 25.1 Å². The van der Waals surface area contributed by atoms with Crippen LogP contribution in [-0.4, -0.2) is 30.6 Å². The molecule has 5 nitrogen and oxygen atoms in total. The molecule has 1 amide bonds. The number of aromatic nitrogens is 1. The monoisotopic (exact) mass is 263 g/mol. The van der Waals surface area contributed by atoms with Crippen molar-refractivity contribution in [2.45, 2.75) is 38.3 Å². The highest BCUT2D eigenvalue weighted by atomic mass is 16.5. The van der Waals surface area contributed by atoms with E-state index in [1.165, 1.54) is 12.8 Å². The van der Waals surface area contributed by atoms with Gasteiger partial charge in [-0.2, -0.15) is 0 Å². The second-order valence-electron chi connectivity index (χ2n) is 4.85. The van der Waals surface area contributed by atoms with Crippen molar-refractivity contribution in [1.29, 1.82) is 0 Å². The molecule has 0 atom stereocenters. The van der Waals surface area contributed by atoms with Crippen LogP contribution < -0.4 is 15.4 Å². The van der Waals surface area contributed by atoms with Gasteiger partial charge in [-0.25, -0.2) is 0 Å². The van der Waals surface area contributed by atoms with Gasteiger partial charge in [0.25, 0.3) is 5.91 Å². The van der Waals surface area contributed by atoms with E-state index in [9.17, 15) is 4.79 Å². The van der Waals surface area contributed by atoms with Gasteiger partial charge in [0.15, 0.2) is 6.61 Å². The van der Waals surface area contributed by atoms with E-state index in [-0.39, 0.29) is 12.5 Å². The Hall–Kier alpha value is -1.62. The van der Waals surface area contributed by atoms with E-state index >= 15 is 0 Å². The average molecular weight is 263 g/mol. The number of amides is 1. The molecule has 104 valence electrons. The van der Waals surface area contributed by atoms with E-state index in [4.69, 9.17) is 4.74 Å². The molecule has 1 fully saturated rings. The smallest absolute Gasteiger partial charge is 0.258 e. The molecule has 1 heterocycles. The lowest BCUT2D eigenvalue weighted by Gasteiger charge is -2.12. The molecule has 2 N–H and O–H groups in total. The topological polar surface area (TPSA) is 63.2 Å². The van der Waals surface area contributed by atoms with E-state index < -0.39 is 0 Å². The molecule has 0 unspecified atom stereocenters. The standard InChI is InChI=1S/C14H21N3O2/c1-15-8-12-6-7-13(9-16-12)19-10-14(18)17-11-4-2-3-5-11/h6-7,9,11,15H,2-5,8,10H2,1H3,(H,17,18). The van der Waals surface area contributed by atoms with Crippen molar-refractivity contribution in [2.24, 2.45) is 0 Å². The molecule has 5 heteroatoms. The van der Waals surface area contributed by atoms with E-state index in [1.807, 2.05) is 19.2 Å². The van der Waals surface area contributed by atoms with E-state index in [0.29, 0.717) is 11.8 Å². The molecule has 19 heavy (non-hydrogen) atoms. The van der Waals surface area contributed by atoms with Crippen molar-refractivity contribution in [3.05, 3.63) is 24.0 Å². The molecule has 0 saturated heterocycles. The van der Waals surface area contributed by atoms with Gasteiger partial charge in [-0.1, -0.05) is 12.8 Å². The van der Waals surface area contributed by atoms with Crippen LogP contribution in [0.4, 0.5) is 0 Å². The minimum absolute atomic E-state index is 0.0498. The Bertz CT molecular complexity index is 400. The third kappa shape index (κ3) is 4.52. The maximum absolute atomic E-state index is 11.7. The first-order valence-corrected chi connectivity index (χ1v) is 6.79. The summed E-state index contributed by atoms with van der Waals surface area (Å²) in [5.74, 6) is 0.577. The van der Waals surface area contributed by atoms with Crippen LogP contribution in [0.3, 0.4) is 0 Å². The Balaban J connectivity index is 1.73. The van der Waals surface area contributed by atoms with Gasteiger partial charge in [-0.15, -0.1) is 0 Å². The predicted octanol–water partition coefficient (Wildman–Crippen LogP) is 1.24. The number of hydrogen-bond acceptors (Lipinski definition) is 4. The second kappa shape index (κ2) is 7.09. The molecule has 1 aliphatic rings. The number of rotatable bonds is 6. The Morgan fingerprint density at radius 3 is 2.84 bits per heavy atom. The van der Waals surface area contributed by atoms with Crippen LogP contribution in [0, 0.1) is 0 Å². The SMILES string of the molecule is CNCc1ccc(OCC(=O)NC2CCCC2)cn1. The molecule has 1 aromatic rings. The second-order valence-corrected chi connectivity index (χ2v) is 4.85. The molecule has 0 radical (unpaired) electrons. The summed E-state index contributed by atoms with van der Waals surface area (Å²) in [5.41, 5.74) is 0.949. The molecule has 1 saturated carbocycles. The van der Waals surface area contributed by atoms with E-state index in [1.54, 1.807) is 6.20 Å². The summed E-state index contributed by atoms with van der Waals surface area (Å²) in [6.45, 7) is 0.784. The first kappa shape index (κ1) is 13.8. The van der Waals surface area contributed by atoms with Crippen LogP contribution in [0.25, 0.3) is 0 Å². The Morgan fingerprint density at radius 2 is 2.21 bits per heavy atom. The fourth-order valence-electron chi connectivity index (χ4n) is 2.27. The molecular weight excluding hydrogens is 242 g/mol. The van der Waals surface area contributed by atoms with Crippen molar-refractivity contribution in [2.75, 3.05) is 13.7 Å². The number of hydrogen-bond donors (Lipinski definition) is 2. The lowest BCUT2D eigenvalue weighted by atomic mass is 10.2. The highest BCUT2D eigenvalue weighted by Crippen LogP contribution is 2.17. The van der Waals surface area contributed by atoms with Crippen molar-refractivity contribution in [3.63, 3.8) is 0 Å². The predicted molar refractivity (Wildman–Crippen MR) is 72.9 cm³/mol. The zero-order valence-electron chi connectivity index (χ0n) is 11.3. The van der Waals surface area contributed by atoms with Gasteiger partial charge in [-0.05, 0) is 32.0 Å². The number of nitrogens with one attached hydrogen (secondary N) is 2. The maximum atomic E-state index is 11.7. The number of carbonyl (C=O) groups excluding carboxylic acids is 1. The number of nitrogens with zero attached hydrogens (tertiary/aromatic N) is 1. The number of pyridine rings is 1. The van der Waals surface area contributed by atoms with Crippen LogP contribution >= 0.6 is 0 Å². The molecule has 0 aliphatic heterocycles. The van der Waals surface area contributed by atoms with Crippen LogP contribution in [0.1, 0.15) is 31.4 Å². The van der Waals surface area contributed by atoms with E-state index in [2.05, 4.69) is 15.6 Å². The van der Waals surface area contributed by atoms with Gasteiger partial charge >= 0.3 is 0 Å². The zero-order chi connectivity index (χ0) is 13.5. The lowest BCUT2D eigenvalue weighted by Crippen LogP contribution is -2.36. The number of ether oxygens (including phenoxy) is 1. The van der Waals surface area contributed by atoms with Gasteiger partial charge in [-0.3, -0.25) is 9.78 Å². The Kier molecular flexibility index (Phi) is 5.15. The molecule has 1 aromatic heterocycles. The van der Waals surface area contributed by atoms with Gasteiger partial charge in [0, 0.05) is 12.6 Å². The average Bonchev–Trinajstić information content (AvgIpc) is 2.91. The van der Waals surface area contributed by atoms with Gasteiger partial charge < -0.3 is 15.4 Å². The molecule has 0 aromatic carbocycles. The summed E-state index contributed by atoms with van der Waals surface area (Å²) in [7, 11) is 1.87. The normalized spacial score (nSPS) is 15.4. The van der Waals surface area contributed by atoms with Crippen LogP contribution in [0.5, 0.6) is 5.75 Å². The summed E-state index contributed by atoms with van der Waals surface area (Å²) < 4.78 is 5.42. The minimum Gasteiger partial charge on any atom is -0.482 e. The zero-order valence-corrected chi connectivity index (χ0v) is 11.3. The third-order valence-electron chi connectivity index (χ3n) is 3.25. The highest BCUT2D eigenvalue weighted by molar-refractivity contribution is 5.77. The number of carbonyl (C=O) groups is 1.